The molecule has 0 saturated heterocycles. The molecule has 0 spiro atoms. The fourth-order valence-corrected chi connectivity index (χ4v) is 3.84. The van der Waals surface area contributed by atoms with Crippen molar-refractivity contribution in [3.8, 4) is 11.5 Å². The van der Waals surface area contributed by atoms with Crippen LogP contribution in [0.25, 0.3) is 0 Å². The van der Waals surface area contributed by atoms with E-state index in [4.69, 9.17) is 16.3 Å². The third kappa shape index (κ3) is 4.46. The maximum Gasteiger partial charge on any atom is 0.277 e. The largest absolute Gasteiger partial charge is 0.455 e. The van der Waals surface area contributed by atoms with Crippen LogP contribution in [0.4, 0.5) is 5.69 Å². The maximum absolute atomic E-state index is 13.6. The fraction of sp³-hybridized carbons (Fsp3) is 0.0769. The molecule has 0 bridgehead atoms. The molecule has 4 aromatic rings. The highest BCUT2D eigenvalue weighted by Gasteiger charge is 2.27. The van der Waals surface area contributed by atoms with E-state index in [1.54, 1.807) is 59.8 Å². The summed E-state index contributed by atoms with van der Waals surface area (Å²) in [7, 11) is 0. The summed E-state index contributed by atoms with van der Waals surface area (Å²) in [5, 5.41) is 3.28. The summed E-state index contributed by atoms with van der Waals surface area (Å²) in [5.74, 6) is 0.420. The lowest BCUT2D eigenvalue weighted by Crippen LogP contribution is -2.31. The normalized spacial score (nSPS) is 12.1. The van der Waals surface area contributed by atoms with Crippen LogP contribution in [0.1, 0.15) is 32.1 Å². The number of anilines is 1. The van der Waals surface area contributed by atoms with E-state index >= 15 is 0 Å². The summed E-state index contributed by atoms with van der Waals surface area (Å²) >= 11 is 6.24. The Kier molecular flexibility index (Phi) is 5.93. The van der Waals surface area contributed by atoms with E-state index < -0.39 is 0 Å². The molecule has 3 heterocycles. The zero-order valence-electron chi connectivity index (χ0n) is 17.9. The highest BCUT2D eigenvalue weighted by molar-refractivity contribution is 6.31. The van der Waals surface area contributed by atoms with Crippen molar-refractivity contribution >= 4 is 29.1 Å². The van der Waals surface area contributed by atoms with Gasteiger partial charge in [-0.1, -0.05) is 41.9 Å². The Labute approximate surface area is 201 Å². The lowest BCUT2D eigenvalue weighted by atomic mass is 10.1. The minimum absolute atomic E-state index is 0.138. The number of hydrogen-bond donors (Lipinski definition) is 1. The average Bonchev–Trinajstić information content (AvgIpc) is 3.04. The van der Waals surface area contributed by atoms with Gasteiger partial charge >= 0.3 is 0 Å². The van der Waals surface area contributed by atoms with Gasteiger partial charge in [0.05, 0.1) is 12.2 Å². The summed E-state index contributed by atoms with van der Waals surface area (Å²) in [6.07, 6.45) is 3.34. The molecule has 1 aliphatic heterocycles. The predicted molar refractivity (Wildman–Crippen MR) is 128 cm³/mol. The Bertz CT molecular complexity index is 1380. The molecule has 1 N–H and O–H groups in total. The number of carbonyl (C=O) groups excluding carboxylic acids is 2. The van der Waals surface area contributed by atoms with Crippen LogP contribution in [-0.2, 0) is 13.1 Å². The van der Waals surface area contributed by atoms with Crippen LogP contribution in [0.3, 0.4) is 0 Å². The quantitative estimate of drug-likeness (QED) is 0.453. The highest BCUT2D eigenvalue weighted by atomic mass is 35.5. The molecule has 7 nitrogen and oxygen atoms in total. The van der Waals surface area contributed by atoms with Crippen molar-refractivity contribution in [2.24, 2.45) is 0 Å². The monoisotopic (exact) mass is 470 g/mol. The SMILES string of the molecule is O=C(NCc1cccnc1)c1cccc(C(=O)N2Cc3ccccc3Oc3ccc(Cl)cc32)n1. The summed E-state index contributed by atoms with van der Waals surface area (Å²) < 4.78 is 6.07. The number of halogens is 1. The number of fused-ring (bicyclic) bond motifs is 2. The zero-order chi connectivity index (χ0) is 23.5. The Balaban J connectivity index is 1.44. The second-order valence-corrected chi connectivity index (χ2v) is 8.10. The standard InChI is InChI=1S/C26H19ClN4O3/c27-19-10-11-24-22(13-19)31(16-18-6-1-2-9-23(18)34-24)26(33)21-8-3-7-20(30-21)25(32)29-15-17-5-4-12-28-14-17/h1-14H,15-16H2,(H,29,32). The van der Waals surface area contributed by atoms with Crippen LogP contribution in [0, 0.1) is 0 Å². The number of benzene rings is 2. The number of rotatable bonds is 4. The van der Waals surface area contributed by atoms with Crippen LogP contribution in [0.5, 0.6) is 11.5 Å². The maximum atomic E-state index is 13.6. The molecule has 8 heteroatoms. The minimum atomic E-state index is -0.383. The molecule has 34 heavy (non-hydrogen) atoms. The number of carbonyl (C=O) groups is 2. The number of aromatic nitrogens is 2. The van der Waals surface area contributed by atoms with Gasteiger partial charge in [-0.3, -0.25) is 19.5 Å². The van der Waals surface area contributed by atoms with Crippen molar-refractivity contribution in [3.63, 3.8) is 0 Å². The van der Waals surface area contributed by atoms with E-state index in [2.05, 4.69) is 15.3 Å². The molecule has 0 aliphatic carbocycles. The molecular formula is C26H19ClN4O3. The zero-order valence-corrected chi connectivity index (χ0v) is 18.7. The number of para-hydroxylation sites is 1. The second kappa shape index (κ2) is 9.33. The van der Waals surface area contributed by atoms with Gasteiger partial charge in [-0.05, 0) is 48.0 Å². The predicted octanol–water partition coefficient (Wildman–Crippen LogP) is 5.01. The molecular weight excluding hydrogens is 452 g/mol. The van der Waals surface area contributed by atoms with E-state index in [1.807, 2.05) is 30.3 Å². The number of hydrogen-bond acceptors (Lipinski definition) is 5. The molecule has 0 unspecified atom stereocenters. The van der Waals surface area contributed by atoms with Crippen molar-refractivity contribution in [3.05, 3.63) is 113 Å². The first-order valence-electron chi connectivity index (χ1n) is 10.6. The van der Waals surface area contributed by atoms with Gasteiger partial charge < -0.3 is 10.1 Å². The lowest BCUT2D eigenvalue weighted by Gasteiger charge is -2.22. The van der Waals surface area contributed by atoms with Gasteiger partial charge in [0.15, 0.2) is 5.75 Å². The van der Waals surface area contributed by atoms with Crippen LogP contribution >= 0.6 is 11.6 Å². The first-order chi connectivity index (χ1) is 16.6. The van der Waals surface area contributed by atoms with Crippen molar-refractivity contribution in [2.45, 2.75) is 13.1 Å². The van der Waals surface area contributed by atoms with E-state index in [0.29, 0.717) is 28.8 Å². The second-order valence-electron chi connectivity index (χ2n) is 7.67. The smallest absolute Gasteiger partial charge is 0.277 e. The number of ether oxygens (including phenoxy) is 1. The summed E-state index contributed by atoms with van der Waals surface area (Å²) in [6, 6.07) is 21.1. The van der Waals surface area contributed by atoms with Gasteiger partial charge in [-0.2, -0.15) is 0 Å². The molecule has 2 aromatic heterocycles. The molecule has 0 atom stereocenters. The van der Waals surface area contributed by atoms with E-state index in [-0.39, 0.29) is 29.7 Å². The molecule has 0 fully saturated rings. The molecule has 0 radical (unpaired) electrons. The van der Waals surface area contributed by atoms with Gasteiger partial charge in [0.1, 0.15) is 17.1 Å². The van der Waals surface area contributed by atoms with E-state index in [9.17, 15) is 9.59 Å². The number of pyridine rings is 2. The molecule has 2 aromatic carbocycles. The average molecular weight is 471 g/mol. The van der Waals surface area contributed by atoms with Gasteiger partial charge in [-0.15, -0.1) is 0 Å². The highest BCUT2D eigenvalue weighted by Crippen LogP contribution is 2.40. The summed E-state index contributed by atoms with van der Waals surface area (Å²) in [5.41, 5.74) is 2.52. The van der Waals surface area contributed by atoms with Crippen LogP contribution in [0.2, 0.25) is 5.02 Å². The fourth-order valence-electron chi connectivity index (χ4n) is 3.67. The molecule has 1 aliphatic rings. The van der Waals surface area contributed by atoms with Crippen molar-refractivity contribution < 1.29 is 14.3 Å². The third-order valence-electron chi connectivity index (χ3n) is 5.35. The molecule has 5 rings (SSSR count). The number of amides is 2. The summed E-state index contributed by atoms with van der Waals surface area (Å²) in [6.45, 7) is 0.570. The van der Waals surface area contributed by atoms with Crippen LogP contribution in [0.15, 0.2) is 85.2 Å². The van der Waals surface area contributed by atoms with E-state index in [1.165, 1.54) is 0 Å². The Morgan fingerprint density at radius 1 is 0.971 bits per heavy atom. The Morgan fingerprint density at radius 3 is 2.68 bits per heavy atom. The van der Waals surface area contributed by atoms with Crippen molar-refractivity contribution in [1.82, 2.24) is 15.3 Å². The van der Waals surface area contributed by atoms with Gasteiger partial charge in [0.25, 0.3) is 11.8 Å². The van der Waals surface area contributed by atoms with Crippen molar-refractivity contribution in [2.75, 3.05) is 4.90 Å². The number of nitrogens with one attached hydrogen (secondary N) is 1. The molecule has 2 amide bonds. The topological polar surface area (TPSA) is 84.4 Å². The minimum Gasteiger partial charge on any atom is -0.455 e. The van der Waals surface area contributed by atoms with Crippen molar-refractivity contribution in [1.29, 1.82) is 0 Å². The Morgan fingerprint density at radius 2 is 1.82 bits per heavy atom. The van der Waals surface area contributed by atoms with Gasteiger partial charge in [0.2, 0.25) is 0 Å². The van der Waals surface area contributed by atoms with Crippen LogP contribution in [-0.4, -0.2) is 21.8 Å². The van der Waals surface area contributed by atoms with Gasteiger partial charge in [-0.25, -0.2) is 4.98 Å². The Hall–Kier alpha value is -4.23. The summed E-state index contributed by atoms with van der Waals surface area (Å²) in [4.78, 5) is 36.2. The van der Waals surface area contributed by atoms with E-state index in [0.717, 1.165) is 11.1 Å². The van der Waals surface area contributed by atoms with Crippen LogP contribution < -0.4 is 15.0 Å². The first-order valence-corrected chi connectivity index (χ1v) is 11.0. The first kappa shape index (κ1) is 21.6. The lowest BCUT2D eigenvalue weighted by molar-refractivity contribution is 0.0945. The van der Waals surface area contributed by atoms with Gasteiger partial charge in [0, 0.05) is 29.5 Å². The third-order valence-corrected chi connectivity index (χ3v) is 5.59. The molecule has 0 saturated carbocycles. The number of nitrogens with zero attached hydrogens (tertiary/aromatic N) is 3. The molecule has 168 valence electrons.